The number of benzene rings is 3. The van der Waals surface area contributed by atoms with Crippen LogP contribution in [0.25, 0.3) is 11.1 Å². The van der Waals surface area contributed by atoms with E-state index in [2.05, 4.69) is 5.32 Å². The van der Waals surface area contributed by atoms with Gasteiger partial charge in [0.25, 0.3) is 0 Å². The molecule has 3 aromatic rings. The molecule has 5 heteroatoms. The maximum Gasteiger partial charge on any atom is 0.248 e. The predicted molar refractivity (Wildman–Crippen MR) is 118 cm³/mol. The van der Waals surface area contributed by atoms with E-state index in [1.807, 2.05) is 68.6 Å². The lowest BCUT2D eigenvalue weighted by Crippen LogP contribution is -2.13. The van der Waals surface area contributed by atoms with Crippen LogP contribution in [0.15, 0.2) is 60.7 Å². The van der Waals surface area contributed by atoms with Gasteiger partial charge >= 0.3 is 0 Å². The van der Waals surface area contributed by atoms with Gasteiger partial charge in [0.05, 0.1) is 0 Å². The quantitative estimate of drug-likeness (QED) is 0.485. The molecule has 0 fully saturated rings. The Kier molecular flexibility index (Phi) is 5.98. The van der Waals surface area contributed by atoms with Gasteiger partial charge in [-0.3, -0.25) is 4.79 Å². The maximum absolute atomic E-state index is 11.6. The molecule has 0 bridgehead atoms. The maximum atomic E-state index is 11.6. The first-order valence-electron chi connectivity index (χ1n) is 9.51. The minimum Gasteiger partial charge on any atom is -0.457 e. The second kappa shape index (κ2) is 8.61. The summed E-state index contributed by atoms with van der Waals surface area (Å²) in [5, 5.41) is 11.0. The number of carbonyl (C=O) groups is 1. The Labute approximate surface area is 171 Å². The summed E-state index contributed by atoms with van der Waals surface area (Å²) in [7, 11) is 1.83. The van der Waals surface area contributed by atoms with Gasteiger partial charge in [-0.1, -0.05) is 31.2 Å². The highest BCUT2D eigenvalue weighted by Crippen LogP contribution is 2.31. The fraction of sp³-hybridized carbons (Fsp3) is 0.167. The number of rotatable bonds is 7. The first-order valence-corrected chi connectivity index (χ1v) is 9.51. The van der Waals surface area contributed by atoms with E-state index in [0.29, 0.717) is 22.8 Å². The van der Waals surface area contributed by atoms with Gasteiger partial charge in [-0.2, -0.15) is 0 Å². The number of carbonyl (C=O) groups excluding carboxylic acids is 1. The average molecular weight is 387 g/mol. The fourth-order valence-electron chi connectivity index (χ4n) is 3.30. The molecular weight excluding hydrogens is 362 g/mol. The molecule has 0 unspecified atom stereocenters. The predicted octanol–water partition coefficient (Wildman–Crippen LogP) is 5.24. The summed E-state index contributed by atoms with van der Waals surface area (Å²) in [5.74, 6) is 0.991. The van der Waals surface area contributed by atoms with Gasteiger partial charge in [0.2, 0.25) is 5.91 Å². The van der Waals surface area contributed by atoms with Crippen LogP contribution in [0, 0.1) is 5.41 Å². The van der Waals surface area contributed by atoms with Crippen LogP contribution in [0.1, 0.15) is 35.3 Å². The van der Waals surface area contributed by atoms with Crippen LogP contribution >= 0.6 is 0 Å². The lowest BCUT2D eigenvalue weighted by Gasteiger charge is -2.13. The van der Waals surface area contributed by atoms with Gasteiger partial charge < -0.3 is 21.2 Å². The number of ether oxygens (including phenoxy) is 1. The van der Waals surface area contributed by atoms with Crippen LogP contribution in [0.4, 0.5) is 5.69 Å². The number of anilines is 1. The van der Waals surface area contributed by atoms with Crippen molar-refractivity contribution in [2.75, 3.05) is 12.4 Å². The summed E-state index contributed by atoms with van der Waals surface area (Å²) in [4.78, 5) is 11.6. The number of hydrogen-bond donors (Lipinski definition) is 3. The zero-order valence-electron chi connectivity index (χ0n) is 16.9. The molecule has 4 N–H and O–H groups in total. The number of hydrogen-bond acceptors (Lipinski definition) is 4. The minimum atomic E-state index is -0.408. The highest BCUT2D eigenvalue weighted by atomic mass is 16.5. The van der Waals surface area contributed by atoms with Crippen LogP contribution < -0.4 is 15.8 Å². The highest BCUT2D eigenvalue weighted by Gasteiger charge is 2.10. The van der Waals surface area contributed by atoms with Crippen molar-refractivity contribution in [2.24, 2.45) is 5.73 Å². The van der Waals surface area contributed by atoms with E-state index in [0.717, 1.165) is 34.4 Å². The third kappa shape index (κ3) is 4.46. The normalized spacial score (nSPS) is 10.4. The molecule has 0 heterocycles. The molecule has 0 aromatic heterocycles. The van der Waals surface area contributed by atoms with Crippen molar-refractivity contribution < 1.29 is 9.53 Å². The number of nitrogens with two attached hydrogens (primary N) is 1. The molecule has 0 radical (unpaired) electrons. The molecule has 0 saturated heterocycles. The van der Waals surface area contributed by atoms with Crippen molar-refractivity contribution in [3.05, 3.63) is 77.4 Å². The molecule has 0 aliphatic heterocycles. The monoisotopic (exact) mass is 387 g/mol. The summed E-state index contributed by atoms with van der Waals surface area (Å²) < 4.78 is 6.05. The Morgan fingerprint density at radius 2 is 1.69 bits per heavy atom. The average Bonchev–Trinajstić information content (AvgIpc) is 2.73. The van der Waals surface area contributed by atoms with Crippen LogP contribution in [-0.2, 0) is 6.42 Å². The Balaban J connectivity index is 1.91. The summed E-state index contributed by atoms with van der Waals surface area (Å²) in [6, 6.07) is 19.1. The Hall–Kier alpha value is -3.60. The summed E-state index contributed by atoms with van der Waals surface area (Å²) in [6.07, 6.45) is 0.730. The van der Waals surface area contributed by atoms with E-state index < -0.39 is 5.91 Å². The Morgan fingerprint density at radius 1 is 1.00 bits per heavy atom. The van der Waals surface area contributed by atoms with Crippen molar-refractivity contribution in [1.82, 2.24) is 0 Å². The van der Waals surface area contributed by atoms with Crippen LogP contribution in [0.5, 0.6) is 11.5 Å². The number of primary amides is 1. The molecule has 0 spiro atoms. The Morgan fingerprint density at radius 3 is 2.34 bits per heavy atom. The van der Waals surface area contributed by atoms with Gasteiger partial charge in [-0.25, -0.2) is 0 Å². The number of amides is 1. The SMILES string of the molecule is CCc1cc(-c2cccc(Oc3ccc(C(C)=N)c(NC)c3)c2)ccc1C(N)=O. The first-order chi connectivity index (χ1) is 13.9. The van der Waals surface area contributed by atoms with Crippen molar-refractivity contribution in [3.8, 4) is 22.6 Å². The number of aryl methyl sites for hydroxylation is 1. The molecule has 0 saturated carbocycles. The zero-order valence-corrected chi connectivity index (χ0v) is 16.9. The Bertz CT molecular complexity index is 1070. The van der Waals surface area contributed by atoms with Crippen molar-refractivity contribution in [1.29, 1.82) is 5.41 Å². The van der Waals surface area contributed by atoms with E-state index in [1.54, 1.807) is 13.0 Å². The van der Waals surface area contributed by atoms with E-state index >= 15 is 0 Å². The van der Waals surface area contributed by atoms with E-state index in [4.69, 9.17) is 15.9 Å². The number of nitrogens with one attached hydrogen (secondary N) is 2. The standard InChI is InChI=1S/C24H25N3O2/c1-4-16-12-18(8-10-22(16)24(26)28)17-6-5-7-19(13-17)29-20-9-11-21(15(2)25)23(14-20)27-3/h5-14,25,27H,4H2,1-3H3,(H2,26,28). The van der Waals surface area contributed by atoms with Gasteiger partial charge in [0.1, 0.15) is 11.5 Å². The molecular formula is C24H25N3O2. The largest absolute Gasteiger partial charge is 0.457 e. The summed E-state index contributed by atoms with van der Waals surface area (Å²) >= 11 is 0. The molecule has 0 atom stereocenters. The second-order valence-electron chi connectivity index (χ2n) is 6.80. The first kappa shape index (κ1) is 20.1. The third-order valence-electron chi connectivity index (χ3n) is 4.82. The van der Waals surface area contributed by atoms with Gasteiger partial charge in [0, 0.05) is 35.6 Å². The lowest BCUT2D eigenvalue weighted by molar-refractivity contribution is 0.0999. The van der Waals surface area contributed by atoms with E-state index in [-0.39, 0.29) is 0 Å². The van der Waals surface area contributed by atoms with Gasteiger partial charge in [0.15, 0.2) is 0 Å². The molecule has 0 aliphatic carbocycles. The molecule has 3 rings (SSSR count). The van der Waals surface area contributed by atoms with Crippen LogP contribution in [0.3, 0.4) is 0 Å². The topological polar surface area (TPSA) is 88.2 Å². The molecule has 0 aliphatic rings. The van der Waals surface area contributed by atoms with Gasteiger partial charge in [-0.15, -0.1) is 0 Å². The van der Waals surface area contributed by atoms with Crippen molar-refractivity contribution >= 4 is 17.3 Å². The minimum absolute atomic E-state index is 0.408. The molecule has 5 nitrogen and oxygen atoms in total. The molecule has 148 valence electrons. The lowest BCUT2D eigenvalue weighted by atomic mass is 9.97. The van der Waals surface area contributed by atoms with E-state index in [9.17, 15) is 4.79 Å². The smallest absolute Gasteiger partial charge is 0.248 e. The molecule has 3 aromatic carbocycles. The summed E-state index contributed by atoms with van der Waals surface area (Å²) in [6.45, 7) is 3.76. The van der Waals surface area contributed by atoms with Crippen molar-refractivity contribution in [2.45, 2.75) is 20.3 Å². The van der Waals surface area contributed by atoms with Gasteiger partial charge in [-0.05, 0) is 60.4 Å². The second-order valence-corrected chi connectivity index (χ2v) is 6.80. The van der Waals surface area contributed by atoms with Crippen LogP contribution in [0.2, 0.25) is 0 Å². The van der Waals surface area contributed by atoms with Crippen LogP contribution in [-0.4, -0.2) is 18.7 Å². The van der Waals surface area contributed by atoms with E-state index in [1.165, 1.54) is 0 Å². The third-order valence-corrected chi connectivity index (χ3v) is 4.82. The van der Waals surface area contributed by atoms with Crippen molar-refractivity contribution in [3.63, 3.8) is 0 Å². The molecule has 29 heavy (non-hydrogen) atoms. The molecule has 1 amide bonds. The fourth-order valence-corrected chi connectivity index (χ4v) is 3.30. The highest BCUT2D eigenvalue weighted by molar-refractivity contribution is 6.01. The summed E-state index contributed by atoms with van der Waals surface area (Å²) in [5.41, 5.74) is 11.1. The zero-order chi connectivity index (χ0) is 21.0.